The van der Waals surface area contributed by atoms with Gasteiger partial charge in [0.15, 0.2) is 0 Å². The second-order valence-corrected chi connectivity index (χ2v) is 6.95. The zero-order chi connectivity index (χ0) is 20.4. The van der Waals surface area contributed by atoms with Crippen molar-refractivity contribution in [2.75, 3.05) is 12.9 Å². The van der Waals surface area contributed by atoms with Crippen molar-refractivity contribution in [3.8, 4) is 0 Å². The Morgan fingerprint density at radius 2 is 1.96 bits per heavy atom. The number of carbonyl (C=O) groups is 1. The summed E-state index contributed by atoms with van der Waals surface area (Å²) >= 11 is 3.53. The number of allylic oxidation sites excluding steroid dienone is 1. The summed E-state index contributed by atoms with van der Waals surface area (Å²) in [7, 11) is -3.98. The molecule has 0 radical (unpaired) electrons. The van der Waals surface area contributed by atoms with Gasteiger partial charge >= 0.3 is 5.97 Å². The number of thiol groups is 1. The first kappa shape index (κ1) is 22.7. The van der Waals surface area contributed by atoms with E-state index in [1.807, 2.05) is 6.92 Å². The molecule has 1 aromatic rings. The van der Waals surface area contributed by atoms with Crippen molar-refractivity contribution >= 4 is 41.7 Å². The highest BCUT2D eigenvalue weighted by Gasteiger charge is 2.37. The van der Waals surface area contributed by atoms with Crippen LogP contribution in [-0.2, 0) is 19.6 Å². The minimum Gasteiger partial charge on any atom is -0.461 e. The van der Waals surface area contributed by atoms with E-state index in [1.54, 1.807) is 25.3 Å². The summed E-state index contributed by atoms with van der Waals surface area (Å²) in [5.41, 5.74) is 1.21. The first-order valence-electron chi connectivity index (χ1n) is 8.02. The molecule has 1 aliphatic rings. The zero-order valence-corrected chi connectivity index (χ0v) is 17.2. The molecule has 2 rings (SSSR count). The molecule has 0 saturated carbocycles. The lowest BCUT2D eigenvalue weighted by Crippen LogP contribution is -2.31. The number of hydrogen-bond donors (Lipinski definition) is 1. The van der Waals surface area contributed by atoms with E-state index < -0.39 is 16.0 Å². The molecule has 27 heavy (non-hydrogen) atoms. The van der Waals surface area contributed by atoms with Crippen molar-refractivity contribution in [3.63, 3.8) is 0 Å². The lowest BCUT2D eigenvalue weighted by Gasteiger charge is -2.22. The summed E-state index contributed by atoms with van der Waals surface area (Å²) in [6.07, 6.45) is 5.95. The van der Waals surface area contributed by atoms with Crippen LogP contribution < -0.4 is 0 Å². The fourth-order valence-electron chi connectivity index (χ4n) is 2.26. The molecule has 0 spiro atoms. The third kappa shape index (κ3) is 5.54. The Kier molecular flexibility index (Phi) is 8.96. The molecule has 0 saturated heterocycles. The molecule has 1 aromatic carbocycles. The van der Waals surface area contributed by atoms with Gasteiger partial charge < -0.3 is 4.74 Å². The third-order valence-electron chi connectivity index (χ3n) is 3.40. The summed E-state index contributed by atoms with van der Waals surface area (Å²) in [6, 6.07) is 6.38. The maximum atomic E-state index is 13.1. The number of benzene rings is 1. The molecule has 0 aromatic heterocycles. The second kappa shape index (κ2) is 10.7. The van der Waals surface area contributed by atoms with Crippen LogP contribution in [0.1, 0.15) is 18.9 Å². The first-order valence-corrected chi connectivity index (χ1v) is 10.4. The van der Waals surface area contributed by atoms with Gasteiger partial charge in [0.05, 0.1) is 17.2 Å². The summed E-state index contributed by atoms with van der Waals surface area (Å²) in [5.74, 6) is -0.701. The highest BCUT2D eigenvalue weighted by molar-refractivity contribution is 7.89. The van der Waals surface area contributed by atoms with Gasteiger partial charge in [-0.15, -0.1) is 0 Å². The van der Waals surface area contributed by atoms with E-state index in [4.69, 9.17) is 4.74 Å². The van der Waals surface area contributed by atoms with Crippen LogP contribution in [0, 0.1) is 6.92 Å². The largest absolute Gasteiger partial charge is 0.461 e. The van der Waals surface area contributed by atoms with Crippen molar-refractivity contribution in [1.82, 2.24) is 4.31 Å². The van der Waals surface area contributed by atoms with E-state index in [1.165, 1.54) is 30.7 Å². The predicted octanol–water partition coefficient (Wildman–Crippen LogP) is 2.95. The van der Waals surface area contributed by atoms with Crippen LogP contribution in [0.5, 0.6) is 0 Å². The molecule has 1 aliphatic heterocycles. The molecule has 146 valence electrons. The van der Waals surface area contributed by atoms with E-state index in [9.17, 15) is 13.2 Å². The number of carbonyl (C=O) groups excluding carboxylic acids is 1. The monoisotopic (exact) mass is 409 g/mol. The molecule has 0 fully saturated rings. The zero-order valence-electron chi connectivity index (χ0n) is 15.5. The van der Waals surface area contributed by atoms with Gasteiger partial charge in [0.2, 0.25) is 0 Å². The molecule has 9 heteroatoms. The number of aryl methyl sites for hydroxylation is 1. The molecular weight excluding hydrogens is 386 g/mol. The predicted molar refractivity (Wildman–Crippen MR) is 111 cm³/mol. The minimum atomic E-state index is -3.98. The maximum Gasteiger partial charge on any atom is 0.355 e. The van der Waals surface area contributed by atoms with Gasteiger partial charge in [0.1, 0.15) is 12.0 Å². The molecule has 0 bridgehead atoms. The van der Waals surface area contributed by atoms with Crippen LogP contribution in [0.25, 0.3) is 0 Å². The Labute approximate surface area is 165 Å². The van der Waals surface area contributed by atoms with Gasteiger partial charge in [-0.05, 0) is 45.0 Å². The number of sulfonamides is 1. The van der Waals surface area contributed by atoms with Gasteiger partial charge in [-0.25, -0.2) is 22.5 Å². The van der Waals surface area contributed by atoms with Gasteiger partial charge in [-0.2, -0.15) is 12.6 Å². The molecule has 0 aliphatic carbocycles. The topological polar surface area (TPSA) is 88.4 Å². The van der Waals surface area contributed by atoms with Crippen LogP contribution in [0.15, 0.2) is 62.8 Å². The number of hydrogen-bond acceptors (Lipinski definition) is 6. The summed E-state index contributed by atoms with van der Waals surface area (Å²) < 4.78 is 32.1. The van der Waals surface area contributed by atoms with E-state index in [-0.39, 0.29) is 23.6 Å². The SMILES string of the molecule is C=NC=N/C=C1\CC=C(C(=O)OCC)N1S(=O)(=O)c1ccc(C)cc1.CS. The lowest BCUT2D eigenvalue weighted by molar-refractivity contribution is -0.139. The lowest BCUT2D eigenvalue weighted by atomic mass is 10.2. The third-order valence-corrected chi connectivity index (χ3v) is 5.18. The van der Waals surface area contributed by atoms with Crippen LogP contribution >= 0.6 is 12.6 Å². The molecule has 7 nitrogen and oxygen atoms in total. The summed E-state index contributed by atoms with van der Waals surface area (Å²) in [4.78, 5) is 19.6. The Bertz CT molecular complexity index is 857. The maximum absolute atomic E-state index is 13.1. The van der Waals surface area contributed by atoms with E-state index in [0.29, 0.717) is 5.70 Å². The van der Waals surface area contributed by atoms with E-state index >= 15 is 0 Å². The highest BCUT2D eigenvalue weighted by Crippen LogP contribution is 2.33. The smallest absolute Gasteiger partial charge is 0.355 e. The molecular formula is C18H23N3O4S2. The Hall–Kier alpha value is -2.39. The molecule has 0 N–H and O–H groups in total. The standard InChI is InChI=1S/C17H19N3O4S.CH4S/c1-4-24-17(21)16-10-7-14(11-19-12-18-3)20(16)25(22,23)15-8-5-13(2)6-9-15;1-2/h5-6,8-12H,3-4,7H2,1-2H3;2H,1H3/b14-11+,19-12?;. The van der Waals surface area contributed by atoms with Crippen LogP contribution in [-0.4, -0.2) is 44.6 Å². The van der Waals surface area contributed by atoms with Crippen molar-refractivity contribution in [2.24, 2.45) is 9.98 Å². The average Bonchev–Trinajstić information content (AvgIpc) is 3.09. The van der Waals surface area contributed by atoms with Crippen LogP contribution in [0.2, 0.25) is 0 Å². The number of ether oxygens (including phenoxy) is 1. The fraction of sp³-hybridized carbons (Fsp3) is 0.278. The number of aliphatic imine (C=N–C) groups is 2. The molecule has 0 unspecified atom stereocenters. The van der Waals surface area contributed by atoms with E-state index in [0.717, 1.165) is 9.87 Å². The Morgan fingerprint density at radius 1 is 1.33 bits per heavy atom. The van der Waals surface area contributed by atoms with Gasteiger partial charge in [0.25, 0.3) is 10.0 Å². The summed E-state index contributed by atoms with van der Waals surface area (Å²) in [5, 5.41) is 0. The molecule has 0 amide bonds. The minimum absolute atomic E-state index is 0.0459. The van der Waals surface area contributed by atoms with Crippen molar-refractivity contribution in [1.29, 1.82) is 0 Å². The van der Waals surface area contributed by atoms with Crippen molar-refractivity contribution < 1.29 is 17.9 Å². The Balaban J connectivity index is 0.00000176. The Morgan fingerprint density at radius 3 is 2.52 bits per heavy atom. The quantitative estimate of drug-likeness (QED) is 0.339. The summed E-state index contributed by atoms with van der Waals surface area (Å²) in [6.45, 7) is 6.93. The van der Waals surface area contributed by atoms with Crippen LogP contribution in [0.3, 0.4) is 0 Å². The highest BCUT2D eigenvalue weighted by atomic mass is 32.2. The van der Waals surface area contributed by atoms with Crippen molar-refractivity contribution in [2.45, 2.75) is 25.2 Å². The number of esters is 1. The van der Waals surface area contributed by atoms with Crippen molar-refractivity contribution in [3.05, 3.63) is 53.5 Å². The first-order chi connectivity index (χ1) is 12.9. The normalized spacial score (nSPS) is 15.3. The van der Waals surface area contributed by atoms with E-state index in [2.05, 4.69) is 29.3 Å². The van der Waals surface area contributed by atoms with Gasteiger partial charge in [-0.3, -0.25) is 4.99 Å². The average molecular weight is 410 g/mol. The fourth-order valence-corrected chi connectivity index (χ4v) is 3.79. The number of rotatable bonds is 6. The van der Waals surface area contributed by atoms with Gasteiger partial charge in [-0.1, -0.05) is 17.7 Å². The molecule has 0 atom stereocenters. The van der Waals surface area contributed by atoms with Gasteiger partial charge in [0, 0.05) is 12.6 Å². The van der Waals surface area contributed by atoms with Crippen LogP contribution in [0.4, 0.5) is 0 Å². The molecule has 1 heterocycles. The second-order valence-electron chi connectivity index (χ2n) is 5.16. The number of nitrogens with zero attached hydrogens (tertiary/aromatic N) is 3.